The van der Waals surface area contributed by atoms with Crippen LogP contribution >= 0.6 is 35.0 Å². The van der Waals surface area contributed by atoms with Crippen molar-refractivity contribution in [2.24, 2.45) is 11.3 Å². The molecule has 98 valence electrons. The summed E-state index contributed by atoms with van der Waals surface area (Å²) in [5.74, 6) is 1.03. The number of hydrogen-bond donors (Lipinski definition) is 0. The average Bonchev–Trinajstić information content (AvgIpc) is 2.13. The molecule has 0 aromatic rings. The first-order valence-electron chi connectivity index (χ1n) is 5.07. The minimum atomic E-state index is -4.16. The SMILES string of the molecule is CC(C)CC(CCl)(CCl)CCSC(F)(F)F. The van der Waals surface area contributed by atoms with Crippen LogP contribution in [-0.2, 0) is 0 Å². The van der Waals surface area contributed by atoms with Gasteiger partial charge in [-0.05, 0) is 24.2 Å². The molecule has 0 spiro atoms. The molecule has 0 nitrogen and oxygen atoms in total. The molecule has 0 amide bonds. The summed E-state index contributed by atoms with van der Waals surface area (Å²) in [6.45, 7) is 4.04. The van der Waals surface area contributed by atoms with Crippen LogP contribution in [0.1, 0.15) is 26.7 Å². The predicted octanol–water partition coefficient (Wildman–Crippen LogP) is 5.14. The molecule has 0 N–H and O–H groups in total. The molecule has 0 rings (SSSR count). The molecule has 0 radical (unpaired) electrons. The second-order valence-corrected chi connectivity index (χ2v) is 6.10. The van der Waals surface area contributed by atoms with Gasteiger partial charge in [0.25, 0.3) is 0 Å². The normalized spacial score (nSPS) is 13.5. The molecule has 0 aliphatic carbocycles. The first kappa shape index (κ1) is 16.7. The van der Waals surface area contributed by atoms with E-state index in [0.717, 1.165) is 6.42 Å². The molecule has 0 fully saturated rings. The van der Waals surface area contributed by atoms with E-state index in [-0.39, 0.29) is 22.9 Å². The average molecular weight is 297 g/mol. The van der Waals surface area contributed by atoms with Crippen molar-refractivity contribution in [1.29, 1.82) is 0 Å². The summed E-state index contributed by atoms with van der Waals surface area (Å²) in [7, 11) is 0. The van der Waals surface area contributed by atoms with Crippen molar-refractivity contribution in [2.45, 2.75) is 32.2 Å². The second-order valence-electron chi connectivity index (χ2n) is 4.41. The van der Waals surface area contributed by atoms with E-state index in [1.807, 2.05) is 13.8 Å². The first-order chi connectivity index (χ1) is 7.24. The minimum absolute atomic E-state index is 0.000983. The molecule has 0 saturated carbocycles. The summed E-state index contributed by atoms with van der Waals surface area (Å²) >= 11 is 11.7. The Morgan fingerprint density at radius 1 is 1.12 bits per heavy atom. The Kier molecular flexibility index (Phi) is 7.55. The maximum atomic E-state index is 12.0. The zero-order valence-corrected chi connectivity index (χ0v) is 11.7. The van der Waals surface area contributed by atoms with Crippen LogP contribution in [-0.4, -0.2) is 23.0 Å². The third kappa shape index (κ3) is 7.13. The molecule has 0 aliphatic rings. The fourth-order valence-electron chi connectivity index (χ4n) is 1.63. The lowest BCUT2D eigenvalue weighted by atomic mass is 9.81. The summed E-state index contributed by atoms with van der Waals surface area (Å²) in [4.78, 5) is 0. The Morgan fingerprint density at radius 3 is 1.94 bits per heavy atom. The molecule has 16 heavy (non-hydrogen) atoms. The zero-order valence-electron chi connectivity index (χ0n) is 9.41. The summed E-state index contributed by atoms with van der Waals surface area (Å²) < 4.78 is 36.0. The van der Waals surface area contributed by atoms with E-state index in [1.165, 1.54) is 0 Å². The van der Waals surface area contributed by atoms with Gasteiger partial charge >= 0.3 is 5.51 Å². The van der Waals surface area contributed by atoms with Gasteiger partial charge in [0.05, 0.1) is 0 Å². The Hall–Kier alpha value is 0.720. The lowest BCUT2D eigenvalue weighted by molar-refractivity contribution is -0.0329. The van der Waals surface area contributed by atoms with E-state index in [9.17, 15) is 13.2 Å². The summed E-state index contributed by atoms with van der Waals surface area (Å²) in [6, 6.07) is 0. The van der Waals surface area contributed by atoms with Crippen molar-refractivity contribution in [1.82, 2.24) is 0 Å². The molecule has 6 heteroatoms. The van der Waals surface area contributed by atoms with Crippen LogP contribution in [0.5, 0.6) is 0 Å². The predicted molar refractivity (Wildman–Crippen MR) is 66.5 cm³/mol. The molecular formula is C10H17Cl2F3S. The quantitative estimate of drug-likeness (QED) is 0.586. The van der Waals surface area contributed by atoms with Crippen LogP contribution in [0.3, 0.4) is 0 Å². The summed E-state index contributed by atoms with van der Waals surface area (Å²) in [5, 5.41) is 0. The van der Waals surface area contributed by atoms with E-state index in [1.54, 1.807) is 0 Å². The Morgan fingerprint density at radius 2 is 1.62 bits per heavy atom. The van der Waals surface area contributed by atoms with Gasteiger partial charge in [-0.3, -0.25) is 0 Å². The van der Waals surface area contributed by atoms with Crippen molar-refractivity contribution < 1.29 is 13.2 Å². The van der Waals surface area contributed by atoms with Crippen LogP contribution in [0, 0.1) is 11.3 Å². The molecule has 0 aromatic carbocycles. The second kappa shape index (κ2) is 7.22. The van der Waals surface area contributed by atoms with Gasteiger partial charge in [0.15, 0.2) is 0 Å². The maximum Gasteiger partial charge on any atom is 0.441 e. The van der Waals surface area contributed by atoms with Gasteiger partial charge in [-0.25, -0.2) is 0 Å². The number of alkyl halides is 5. The van der Waals surface area contributed by atoms with Crippen LogP contribution < -0.4 is 0 Å². The summed E-state index contributed by atoms with van der Waals surface area (Å²) in [5.41, 5.74) is -4.53. The Bertz CT molecular complexity index is 191. The maximum absolute atomic E-state index is 12.0. The molecule has 0 saturated heterocycles. The smallest absolute Gasteiger partial charge is 0.160 e. The zero-order chi connectivity index (χ0) is 12.8. The first-order valence-corrected chi connectivity index (χ1v) is 7.13. The molecule has 0 aliphatic heterocycles. The van der Waals surface area contributed by atoms with Crippen LogP contribution in [0.15, 0.2) is 0 Å². The van der Waals surface area contributed by atoms with Gasteiger partial charge in [0.2, 0.25) is 0 Å². The number of halogens is 5. The lowest BCUT2D eigenvalue weighted by Crippen LogP contribution is -2.28. The third-order valence-corrected chi connectivity index (χ3v) is 4.18. The fraction of sp³-hybridized carbons (Fsp3) is 1.00. The van der Waals surface area contributed by atoms with Crippen molar-refractivity contribution in [3.05, 3.63) is 0 Å². The number of hydrogen-bond acceptors (Lipinski definition) is 1. The van der Waals surface area contributed by atoms with E-state index >= 15 is 0 Å². The van der Waals surface area contributed by atoms with Crippen molar-refractivity contribution in [3.63, 3.8) is 0 Å². The minimum Gasteiger partial charge on any atom is -0.160 e. The van der Waals surface area contributed by atoms with Crippen molar-refractivity contribution in [3.8, 4) is 0 Å². The van der Waals surface area contributed by atoms with Gasteiger partial charge < -0.3 is 0 Å². The fourth-order valence-corrected chi connectivity index (χ4v) is 3.17. The number of thioether (sulfide) groups is 1. The van der Waals surface area contributed by atoms with Gasteiger partial charge in [0.1, 0.15) is 0 Å². The highest BCUT2D eigenvalue weighted by molar-refractivity contribution is 8.00. The Balaban J connectivity index is 4.22. The van der Waals surface area contributed by atoms with Gasteiger partial charge in [-0.15, -0.1) is 23.2 Å². The van der Waals surface area contributed by atoms with Gasteiger partial charge in [-0.1, -0.05) is 25.6 Å². The molecular weight excluding hydrogens is 280 g/mol. The molecule has 0 aromatic heterocycles. The topological polar surface area (TPSA) is 0 Å². The highest BCUT2D eigenvalue weighted by Crippen LogP contribution is 2.38. The van der Waals surface area contributed by atoms with Gasteiger partial charge in [-0.2, -0.15) is 13.2 Å². The summed E-state index contributed by atoms with van der Waals surface area (Å²) in [6.07, 6.45) is 1.17. The molecule has 0 atom stereocenters. The van der Waals surface area contributed by atoms with E-state index in [2.05, 4.69) is 0 Å². The van der Waals surface area contributed by atoms with Crippen LogP contribution in [0.4, 0.5) is 13.2 Å². The lowest BCUT2D eigenvalue weighted by Gasteiger charge is -2.31. The van der Waals surface area contributed by atoms with E-state index in [4.69, 9.17) is 23.2 Å². The van der Waals surface area contributed by atoms with Crippen molar-refractivity contribution in [2.75, 3.05) is 17.5 Å². The van der Waals surface area contributed by atoms with E-state index in [0.29, 0.717) is 24.1 Å². The van der Waals surface area contributed by atoms with Crippen LogP contribution in [0.25, 0.3) is 0 Å². The highest BCUT2D eigenvalue weighted by atomic mass is 35.5. The third-order valence-electron chi connectivity index (χ3n) is 2.31. The molecule has 0 bridgehead atoms. The monoisotopic (exact) mass is 296 g/mol. The molecule has 0 heterocycles. The highest BCUT2D eigenvalue weighted by Gasteiger charge is 2.33. The van der Waals surface area contributed by atoms with E-state index < -0.39 is 5.51 Å². The van der Waals surface area contributed by atoms with Gasteiger partial charge in [0, 0.05) is 17.5 Å². The largest absolute Gasteiger partial charge is 0.441 e. The molecule has 0 unspecified atom stereocenters. The Labute approximate surface area is 109 Å². The van der Waals surface area contributed by atoms with Crippen molar-refractivity contribution >= 4 is 35.0 Å². The standard InChI is InChI=1S/C10H17Cl2F3S/c1-8(2)5-9(6-11,7-12)3-4-16-10(13,14)15/h8H,3-7H2,1-2H3. The van der Waals surface area contributed by atoms with Crippen LogP contribution in [0.2, 0.25) is 0 Å². The number of rotatable bonds is 7.